The van der Waals surface area contributed by atoms with Crippen LogP contribution in [0, 0.1) is 10.7 Å². The van der Waals surface area contributed by atoms with E-state index in [0.29, 0.717) is 30.1 Å². The minimum atomic E-state index is 0.0928. The zero-order valence-corrected chi connectivity index (χ0v) is 12.3. The van der Waals surface area contributed by atoms with E-state index >= 15 is 0 Å². The lowest BCUT2D eigenvalue weighted by Crippen LogP contribution is -2.27. The Balaban J connectivity index is 2.50. The summed E-state index contributed by atoms with van der Waals surface area (Å²) in [5, 5.41) is 9.88. The molecule has 1 aromatic rings. The Morgan fingerprint density at radius 2 is 2.11 bits per heavy atom. The lowest BCUT2D eigenvalue weighted by Gasteiger charge is -2.11. The van der Waals surface area contributed by atoms with Crippen LogP contribution in [0.5, 0.6) is 0 Å². The third-order valence-electron chi connectivity index (χ3n) is 2.56. The second-order valence-corrected chi connectivity index (χ2v) is 5.49. The summed E-state index contributed by atoms with van der Waals surface area (Å²) in [6.07, 6.45) is 1.26. The number of aromatic nitrogens is 3. The van der Waals surface area contributed by atoms with Crippen LogP contribution < -0.4 is 5.32 Å². The summed E-state index contributed by atoms with van der Waals surface area (Å²) in [6, 6.07) is 0.276. The summed E-state index contributed by atoms with van der Waals surface area (Å²) >= 11 is 5.17. The van der Waals surface area contributed by atoms with Gasteiger partial charge in [0.25, 0.3) is 0 Å². The van der Waals surface area contributed by atoms with Gasteiger partial charge >= 0.3 is 0 Å². The molecule has 0 saturated carbocycles. The van der Waals surface area contributed by atoms with E-state index in [1.807, 2.05) is 18.4 Å². The normalized spacial score (nSPS) is 11.2. The van der Waals surface area contributed by atoms with Gasteiger partial charge in [0.05, 0.1) is 0 Å². The molecule has 5 nitrogen and oxygen atoms in total. The fraction of sp³-hybridized carbons (Fsp3) is 0.750. The van der Waals surface area contributed by atoms with E-state index in [4.69, 9.17) is 12.2 Å². The smallest absolute Gasteiger partial charge is 0.220 e. The first-order valence-electron chi connectivity index (χ1n) is 6.34. The van der Waals surface area contributed by atoms with Crippen molar-refractivity contribution in [1.29, 1.82) is 0 Å². The molecule has 18 heavy (non-hydrogen) atoms. The van der Waals surface area contributed by atoms with Crippen LogP contribution in [-0.4, -0.2) is 27.2 Å². The van der Waals surface area contributed by atoms with Crippen molar-refractivity contribution in [2.24, 2.45) is 5.92 Å². The number of carbonyl (C=O) groups is 1. The zero-order valence-electron chi connectivity index (χ0n) is 11.5. The molecule has 0 aromatic carbocycles. The van der Waals surface area contributed by atoms with E-state index in [-0.39, 0.29) is 11.9 Å². The first-order chi connectivity index (χ1) is 8.41. The average molecular weight is 270 g/mol. The van der Waals surface area contributed by atoms with Crippen LogP contribution in [0.2, 0.25) is 0 Å². The van der Waals surface area contributed by atoms with Gasteiger partial charge < -0.3 is 9.88 Å². The van der Waals surface area contributed by atoms with Gasteiger partial charge in [-0.25, -0.2) is 0 Å². The number of amides is 1. The molecule has 1 aromatic heterocycles. The molecule has 102 valence electrons. The molecule has 1 rings (SSSR count). The minimum Gasteiger partial charge on any atom is -0.356 e. The number of hydrogen-bond acceptors (Lipinski definition) is 3. The van der Waals surface area contributed by atoms with Crippen LogP contribution in [0.15, 0.2) is 0 Å². The summed E-state index contributed by atoms with van der Waals surface area (Å²) < 4.78 is 2.61. The molecule has 1 amide bonds. The largest absolute Gasteiger partial charge is 0.356 e. The van der Waals surface area contributed by atoms with Gasteiger partial charge in [-0.1, -0.05) is 13.8 Å². The lowest BCUT2D eigenvalue weighted by atomic mass is 10.1. The maximum Gasteiger partial charge on any atom is 0.220 e. The number of aromatic amines is 1. The van der Waals surface area contributed by atoms with Crippen molar-refractivity contribution in [3.63, 3.8) is 0 Å². The summed E-state index contributed by atoms with van der Waals surface area (Å²) in [7, 11) is 0. The molecular formula is C12H22N4OS. The molecule has 0 radical (unpaired) electrons. The number of carbonyl (C=O) groups excluding carboxylic acids is 1. The van der Waals surface area contributed by atoms with E-state index in [0.717, 1.165) is 5.82 Å². The average Bonchev–Trinajstić information content (AvgIpc) is 2.58. The zero-order chi connectivity index (χ0) is 13.7. The minimum absolute atomic E-state index is 0.0928. The number of rotatable bonds is 6. The molecular weight excluding hydrogens is 248 g/mol. The Bertz CT molecular complexity index is 447. The van der Waals surface area contributed by atoms with Gasteiger partial charge in [0.1, 0.15) is 5.82 Å². The third-order valence-corrected chi connectivity index (χ3v) is 2.85. The highest BCUT2D eigenvalue weighted by Crippen LogP contribution is 2.08. The first kappa shape index (κ1) is 14.9. The van der Waals surface area contributed by atoms with Gasteiger partial charge in [-0.15, -0.1) is 0 Å². The van der Waals surface area contributed by atoms with E-state index in [2.05, 4.69) is 29.4 Å². The molecule has 1 heterocycles. The predicted octanol–water partition coefficient (Wildman–Crippen LogP) is 2.23. The van der Waals surface area contributed by atoms with Gasteiger partial charge in [0.2, 0.25) is 5.91 Å². The molecule has 0 saturated heterocycles. The van der Waals surface area contributed by atoms with Crippen LogP contribution >= 0.6 is 12.2 Å². The van der Waals surface area contributed by atoms with Crippen molar-refractivity contribution in [3.8, 4) is 0 Å². The number of nitrogens with zero attached hydrogens (tertiary/aromatic N) is 2. The monoisotopic (exact) mass is 270 g/mol. The van der Waals surface area contributed by atoms with Crippen molar-refractivity contribution in [3.05, 3.63) is 10.6 Å². The second-order valence-electron chi connectivity index (χ2n) is 5.11. The van der Waals surface area contributed by atoms with Crippen molar-refractivity contribution in [1.82, 2.24) is 20.1 Å². The van der Waals surface area contributed by atoms with E-state index in [1.165, 1.54) is 0 Å². The maximum absolute atomic E-state index is 11.5. The van der Waals surface area contributed by atoms with Crippen molar-refractivity contribution >= 4 is 18.1 Å². The highest BCUT2D eigenvalue weighted by Gasteiger charge is 2.10. The Morgan fingerprint density at radius 3 is 2.67 bits per heavy atom. The molecule has 0 bridgehead atoms. The Morgan fingerprint density at radius 1 is 1.44 bits per heavy atom. The molecule has 0 aliphatic carbocycles. The number of hydrogen-bond donors (Lipinski definition) is 2. The predicted molar refractivity (Wildman–Crippen MR) is 74.0 cm³/mol. The van der Waals surface area contributed by atoms with E-state index in [1.54, 1.807) is 0 Å². The van der Waals surface area contributed by atoms with Gasteiger partial charge in [-0.05, 0) is 32.0 Å². The molecule has 0 spiro atoms. The lowest BCUT2D eigenvalue weighted by molar-refractivity contribution is -0.121. The molecule has 0 unspecified atom stereocenters. The second kappa shape index (κ2) is 6.68. The van der Waals surface area contributed by atoms with E-state index in [9.17, 15) is 4.79 Å². The standard InChI is InChI=1S/C12H22N4OS/c1-8(2)7-11(17)13-6-5-10-14-15-12(18)16(10)9(3)4/h8-9H,5-7H2,1-4H3,(H,13,17)(H,15,18). The maximum atomic E-state index is 11.5. The van der Waals surface area contributed by atoms with Gasteiger partial charge in [-0.3, -0.25) is 9.89 Å². The molecule has 2 N–H and O–H groups in total. The van der Waals surface area contributed by atoms with Crippen molar-refractivity contribution in [2.45, 2.75) is 46.6 Å². The Labute approximate surface area is 113 Å². The summed E-state index contributed by atoms with van der Waals surface area (Å²) in [5.74, 6) is 1.37. The molecule has 6 heteroatoms. The SMILES string of the molecule is CC(C)CC(=O)NCCc1n[nH]c(=S)n1C(C)C. The van der Waals surface area contributed by atoms with E-state index < -0.39 is 0 Å². The van der Waals surface area contributed by atoms with Crippen LogP contribution in [0.1, 0.15) is 46.0 Å². The van der Waals surface area contributed by atoms with Crippen LogP contribution in [0.25, 0.3) is 0 Å². The van der Waals surface area contributed by atoms with Crippen LogP contribution in [0.4, 0.5) is 0 Å². The van der Waals surface area contributed by atoms with Crippen LogP contribution in [-0.2, 0) is 11.2 Å². The Kier molecular flexibility index (Phi) is 5.53. The van der Waals surface area contributed by atoms with Crippen molar-refractivity contribution < 1.29 is 4.79 Å². The fourth-order valence-corrected chi connectivity index (χ4v) is 2.16. The third kappa shape index (κ3) is 4.25. The van der Waals surface area contributed by atoms with Gasteiger partial charge in [0, 0.05) is 25.4 Å². The highest BCUT2D eigenvalue weighted by atomic mass is 32.1. The molecule has 0 fully saturated rings. The van der Waals surface area contributed by atoms with Crippen LogP contribution in [0.3, 0.4) is 0 Å². The first-order valence-corrected chi connectivity index (χ1v) is 6.75. The fourth-order valence-electron chi connectivity index (χ4n) is 1.80. The number of H-pyrrole nitrogens is 1. The summed E-state index contributed by atoms with van der Waals surface area (Å²) in [5.41, 5.74) is 0. The van der Waals surface area contributed by atoms with Gasteiger partial charge in [0.15, 0.2) is 4.77 Å². The number of nitrogens with one attached hydrogen (secondary N) is 2. The highest BCUT2D eigenvalue weighted by molar-refractivity contribution is 7.71. The molecule has 0 atom stereocenters. The Hall–Kier alpha value is -1.17. The molecule has 0 aliphatic rings. The quantitative estimate of drug-likeness (QED) is 0.779. The summed E-state index contributed by atoms with van der Waals surface area (Å²) in [4.78, 5) is 11.5. The summed E-state index contributed by atoms with van der Waals surface area (Å²) in [6.45, 7) is 8.78. The topological polar surface area (TPSA) is 62.7 Å². The van der Waals surface area contributed by atoms with Crippen molar-refractivity contribution in [2.75, 3.05) is 6.54 Å². The van der Waals surface area contributed by atoms with Gasteiger partial charge in [-0.2, -0.15) is 5.10 Å². The molecule has 0 aliphatic heterocycles.